The molecule has 1 atom stereocenters. The minimum absolute atomic E-state index is 0.106. The fourth-order valence-electron chi connectivity index (χ4n) is 2.75. The van der Waals surface area contributed by atoms with Gasteiger partial charge in [0.1, 0.15) is 0 Å². The number of morpholine rings is 1. The number of hydrogen-bond donors (Lipinski definition) is 1. The number of sulfonamides is 1. The third-order valence-electron chi connectivity index (χ3n) is 4.46. The van der Waals surface area contributed by atoms with Crippen LogP contribution in [0.4, 0.5) is 0 Å². The van der Waals surface area contributed by atoms with Crippen molar-refractivity contribution in [2.75, 3.05) is 32.8 Å². The molecule has 1 saturated heterocycles. The summed E-state index contributed by atoms with van der Waals surface area (Å²) in [5.41, 5.74) is 1.04. The lowest BCUT2D eigenvalue weighted by Gasteiger charge is -2.28. The maximum absolute atomic E-state index is 12.3. The molecule has 1 fully saturated rings. The monoisotopic (exact) mass is 412 g/mol. The van der Waals surface area contributed by atoms with Crippen LogP contribution in [-0.2, 0) is 29.1 Å². The van der Waals surface area contributed by atoms with Crippen molar-refractivity contribution < 1.29 is 27.5 Å². The van der Waals surface area contributed by atoms with Crippen LogP contribution in [0.3, 0.4) is 0 Å². The summed E-state index contributed by atoms with van der Waals surface area (Å²) < 4.78 is 37.3. The van der Waals surface area contributed by atoms with Crippen molar-refractivity contribution in [1.82, 2.24) is 9.62 Å². The number of nitrogens with one attached hydrogen (secondary N) is 1. The van der Waals surface area contributed by atoms with Crippen molar-refractivity contribution >= 4 is 21.9 Å². The first-order valence-electron chi connectivity index (χ1n) is 9.36. The molecule has 1 N–H and O–H groups in total. The first-order chi connectivity index (χ1) is 13.2. The molecule has 0 saturated carbocycles. The fourth-order valence-corrected chi connectivity index (χ4v) is 3.78. The van der Waals surface area contributed by atoms with Gasteiger partial charge in [-0.25, -0.2) is 13.1 Å². The van der Waals surface area contributed by atoms with Crippen molar-refractivity contribution in [3.8, 4) is 0 Å². The normalized spacial score (nSPS) is 16.1. The minimum atomic E-state index is -3.71. The third kappa shape index (κ3) is 6.29. The summed E-state index contributed by atoms with van der Waals surface area (Å²) in [6.45, 7) is 7.32. The van der Waals surface area contributed by atoms with Crippen LogP contribution in [0.25, 0.3) is 0 Å². The van der Waals surface area contributed by atoms with E-state index in [1.807, 2.05) is 13.8 Å². The molecule has 0 radical (unpaired) electrons. The fraction of sp³-hybridized carbons (Fsp3) is 0.579. The van der Waals surface area contributed by atoms with Gasteiger partial charge in [-0.3, -0.25) is 9.59 Å². The van der Waals surface area contributed by atoms with Crippen molar-refractivity contribution in [2.24, 2.45) is 0 Å². The average Bonchev–Trinajstić information content (AvgIpc) is 2.67. The Hall–Kier alpha value is -1.97. The van der Waals surface area contributed by atoms with E-state index in [0.717, 1.165) is 5.56 Å². The standard InChI is InChI=1S/C19H28N2O6S/c1-14(2)16-4-6-17(7-5-16)28(24,25)20-9-8-18(22)27-15(3)19(23)21-10-12-26-13-11-21/h4-7,14-15,20H,8-13H2,1-3H3. The summed E-state index contributed by atoms with van der Waals surface area (Å²) in [6.07, 6.45) is -1.07. The van der Waals surface area contributed by atoms with Gasteiger partial charge in [0.2, 0.25) is 10.0 Å². The Labute approximate surface area is 166 Å². The number of benzene rings is 1. The molecule has 1 aromatic rings. The Morgan fingerprint density at radius 3 is 2.32 bits per heavy atom. The van der Waals surface area contributed by atoms with Gasteiger partial charge in [0.25, 0.3) is 5.91 Å². The number of hydrogen-bond acceptors (Lipinski definition) is 6. The number of amides is 1. The highest BCUT2D eigenvalue weighted by molar-refractivity contribution is 7.89. The summed E-state index contributed by atoms with van der Waals surface area (Å²) in [5, 5.41) is 0. The second-order valence-electron chi connectivity index (χ2n) is 6.94. The lowest BCUT2D eigenvalue weighted by atomic mass is 10.0. The van der Waals surface area contributed by atoms with Crippen LogP contribution < -0.4 is 4.72 Å². The highest BCUT2D eigenvalue weighted by Crippen LogP contribution is 2.17. The van der Waals surface area contributed by atoms with E-state index in [1.165, 1.54) is 6.92 Å². The van der Waals surface area contributed by atoms with E-state index in [-0.39, 0.29) is 23.8 Å². The highest BCUT2D eigenvalue weighted by atomic mass is 32.2. The molecular formula is C19H28N2O6S. The number of carbonyl (C=O) groups excluding carboxylic acids is 2. The molecule has 0 bridgehead atoms. The van der Waals surface area contributed by atoms with Gasteiger partial charge in [-0.1, -0.05) is 26.0 Å². The average molecular weight is 413 g/mol. The van der Waals surface area contributed by atoms with E-state index in [4.69, 9.17) is 9.47 Å². The van der Waals surface area contributed by atoms with E-state index < -0.39 is 22.1 Å². The number of carbonyl (C=O) groups is 2. The summed E-state index contributed by atoms with van der Waals surface area (Å²) >= 11 is 0. The van der Waals surface area contributed by atoms with E-state index in [1.54, 1.807) is 29.2 Å². The molecule has 9 heteroatoms. The SMILES string of the molecule is CC(OC(=O)CCNS(=O)(=O)c1ccc(C(C)C)cc1)C(=O)N1CCOCC1. The minimum Gasteiger partial charge on any atom is -0.452 e. The number of nitrogens with zero attached hydrogens (tertiary/aromatic N) is 1. The summed E-state index contributed by atoms with van der Waals surface area (Å²) in [7, 11) is -3.71. The van der Waals surface area contributed by atoms with Gasteiger partial charge in [0.15, 0.2) is 6.10 Å². The Kier molecular flexibility index (Phi) is 7.97. The Morgan fingerprint density at radius 2 is 1.75 bits per heavy atom. The molecule has 156 valence electrons. The first kappa shape index (κ1) is 22.3. The third-order valence-corrected chi connectivity index (χ3v) is 5.93. The summed E-state index contributed by atoms with van der Waals surface area (Å²) in [4.78, 5) is 25.9. The van der Waals surface area contributed by atoms with Crippen molar-refractivity contribution in [1.29, 1.82) is 0 Å². The molecule has 8 nitrogen and oxygen atoms in total. The zero-order valence-electron chi connectivity index (χ0n) is 16.5. The van der Waals surface area contributed by atoms with Crippen LogP contribution in [0.1, 0.15) is 38.7 Å². The Morgan fingerprint density at radius 1 is 1.14 bits per heavy atom. The van der Waals surface area contributed by atoms with E-state index in [0.29, 0.717) is 32.2 Å². The molecule has 0 aliphatic carbocycles. The van der Waals surface area contributed by atoms with Gasteiger partial charge in [0.05, 0.1) is 24.5 Å². The molecule has 0 aromatic heterocycles. The Bertz CT molecular complexity index is 770. The first-order valence-corrected chi connectivity index (χ1v) is 10.8. The van der Waals surface area contributed by atoms with Gasteiger partial charge in [-0.15, -0.1) is 0 Å². The lowest BCUT2D eigenvalue weighted by Crippen LogP contribution is -2.46. The van der Waals surface area contributed by atoms with Gasteiger partial charge < -0.3 is 14.4 Å². The molecule has 1 aliphatic rings. The smallest absolute Gasteiger partial charge is 0.307 e. The van der Waals surface area contributed by atoms with Crippen LogP contribution in [0.2, 0.25) is 0 Å². The van der Waals surface area contributed by atoms with Crippen LogP contribution >= 0.6 is 0 Å². The number of rotatable bonds is 8. The maximum Gasteiger partial charge on any atom is 0.307 e. The zero-order chi connectivity index (χ0) is 20.7. The van der Waals surface area contributed by atoms with Gasteiger partial charge in [-0.05, 0) is 30.5 Å². The van der Waals surface area contributed by atoms with E-state index >= 15 is 0 Å². The maximum atomic E-state index is 12.3. The second kappa shape index (κ2) is 9.99. The lowest BCUT2D eigenvalue weighted by molar-refractivity contribution is -0.160. The van der Waals surface area contributed by atoms with Crippen LogP contribution in [0.15, 0.2) is 29.2 Å². The van der Waals surface area contributed by atoms with Crippen molar-refractivity contribution in [2.45, 2.75) is 44.1 Å². The molecular weight excluding hydrogens is 384 g/mol. The van der Waals surface area contributed by atoms with Gasteiger partial charge in [-0.2, -0.15) is 0 Å². The van der Waals surface area contributed by atoms with Crippen molar-refractivity contribution in [3.63, 3.8) is 0 Å². The number of ether oxygens (including phenoxy) is 2. The van der Waals surface area contributed by atoms with Gasteiger partial charge >= 0.3 is 5.97 Å². The van der Waals surface area contributed by atoms with E-state index in [2.05, 4.69) is 4.72 Å². The molecule has 1 aromatic carbocycles. The summed E-state index contributed by atoms with van der Waals surface area (Å²) in [6, 6.07) is 6.62. The van der Waals surface area contributed by atoms with Crippen LogP contribution in [0, 0.1) is 0 Å². The molecule has 1 unspecified atom stereocenters. The van der Waals surface area contributed by atoms with E-state index in [9.17, 15) is 18.0 Å². The number of esters is 1. The second-order valence-corrected chi connectivity index (χ2v) is 8.71. The molecule has 1 amide bonds. The Balaban J connectivity index is 1.79. The quantitative estimate of drug-likeness (QED) is 0.645. The molecule has 0 spiro atoms. The largest absolute Gasteiger partial charge is 0.452 e. The molecule has 1 heterocycles. The highest BCUT2D eigenvalue weighted by Gasteiger charge is 2.25. The van der Waals surface area contributed by atoms with Crippen molar-refractivity contribution in [3.05, 3.63) is 29.8 Å². The summed E-state index contributed by atoms with van der Waals surface area (Å²) in [5.74, 6) is -0.601. The van der Waals surface area contributed by atoms with Crippen LogP contribution in [0.5, 0.6) is 0 Å². The molecule has 2 rings (SSSR count). The zero-order valence-corrected chi connectivity index (χ0v) is 17.3. The molecule has 28 heavy (non-hydrogen) atoms. The topological polar surface area (TPSA) is 102 Å². The predicted molar refractivity (Wildman–Crippen MR) is 103 cm³/mol. The van der Waals surface area contributed by atoms with Crippen LogP contribution in [-0.4, -0.2) is 64.1 Å². The molecule has 1 aliphatic heterocycles. The predicted octanol–water partition coefficient (Wildman–Crippen LogP) is 1.27. The van der Waals surface area contributed by atoms with Gasteiger partial charge in [0, 0.05) is 19.6 Å².